The van der Waals surface area contributed by atoms with Gasteiger partial charge in [0.05, 0.1) is 19.8 Å². The van der Waals surface area contributed by atoms with Crippen LogP contribution in [0.25, 0.3) is 10.8 Å². The summed E-state index contributed by atoms with van der Waals surface area (Å²) in [7, 11) is 1.94. The average molecular weight is 284 g/mol. The Hall–Kier alpha value is -1.92. The minimum atomic E-state index is -1.42. The summed E-state index contributed by atoms with van der Waals surface area (Å²) in [5.41, 5.74) is 4.38. The molecule has 20 heavy (non-hydrogen) atoms. The van der Waals surface area contributed by atoms with Crippen molar-refractivity contribution in [2.75, 3.05) is 14.2 Å². The Morgan fingerprint density at radius 3 is 2.30 bits per heavy atom. The van der Waals surface area contributed by atoms with Gasteiger partial charge in [0.1, 0.15) is 19.6 Å². The Morgan fingerprint density at radius 1 is 0.950 bits per heavy atom. The number of methoxy groups -OCH3 is 2. The summed E-state index contributed by atoms with van der Waals surface area (Å²) in [6.07, 6.45) is 0. The van der Waals surface area contributed by atoms with Crippen molar-refractivity contribution in [3.8, 4) is 23.0 Å². The van der Waals surface area contributed by atoms with E-state index in [-0.39, 0.29) is 0 Å². The van der Waals surface area contributed by atoms with E-state index in [0.29, 0.717) is 0 Å². The molecule has 2 nitrogen and oxygen atoms in total. The second kappa shape index (κ2) is 5.60. The van der Waals surface area contributed by atoms with Crippen molar-refractivity contribution in [3.63, 3.8) is 0 Å². The van der Waals surface area contributed by atoms with Gasteiger partial charge in [0.2, 0.25) is 0 Å². The van der Waals surface area contributed by atoms with Crippen LogP contribution in [-0.2, 0) is 0 Å². The molecule has 0 amide bonds. The molecule has 0 heterocycles. The van der Waals surface area contributed by atoms with E-state index in [1.807, 2.05) is 30.3 Å². The van der Waals surface area contributed by atoms with E-state index in [4.69, 9.17) is 9.47 Å². The molecule has 0 unspecified atom stereocenters. The summed E-state index contributed by atoms with van der Waals surface area (Å²) < 4.78 is 10.7. The van der Waals surface area contributed by atoms with E-state index >= 15 is 0 Å². The van der Waals surface area contributed by atoms with Crippen molar-refractivity contribution < 1.29 is 9.47 Å². The molecule has 3 heteroatoms. The Labute approximate surface area is 121 Å². The summed E-state index contributed by atoms with van der Waals surface area (Å²) in [5.74, 6) is 5.01. The molecule has 2 rings (SSSR count). The normalized spacial score (nSPS) is 10.8. The van der Waals surface area contributed by atoms with E-state index in [0.717, 1.165) is 27.8 Å². The highest BCUT2D eigenvalue weighted by atomic mass is 28.3. The molecule has 0 radical (unpaired) electrons. The van der Waals surface area contributed by atoms with Gasteiger partial charge in [-0.15, -0.1) is 5.54 Å². The van der Waals surface area contributed by atoms with E-state index < -0.39 is 8.07 Å². The molecule has 0 saturated heterocycles. The van der Waals surface area contributed by atoms with Gasteiger partial charge in [-0.2, -0.15) is 0 Å². The Morgan fingerprint density at radius 2 is 1.70 bits per heavy atom. The van der Waals surface area contributed by atoms with Gasteiger partial charge < -0.3 is 9.47 Å². The second-order valence-electron chi connectivity index (χ2n) is 5.73. The van der Waals surface area contributed by atoms with E-state index in [2.05, 4.69) is 31.1 Å². The van der Waals surface area contributed by atoms with E-state index in [1.54, 1.807) is 14.2 Å². The first-order valence-electron chi connectivity index (χ1n) is 6.62. The zero-order chi connectivity index (χ0) is 14.8. The molecule has 104 valence electrons. The monoisotopic (exact) mass is 284 g/mol. The lowest BCUT2D eigenvalue weighted by Gasteiger charge is -2.10. The quantitative estimate of drug-likeness (QED) is 0.611. The first-order chi connectivity index (χ1) is 9.44. The minimum absolute atomic E-state index is 0.827. The maximum atomic E-state index is 5.46. The van der Waals surface area contributed by atoms with Crippen LogP contribution < -0.4 is 9.47 Å². The molecule has 0 aliphatic rings. The molecule has 0 atom stereocenters. The molecule has 2 aromatic rings. The van der Waals surface area contributed by atoms with Crippen molar-refractivity contribution in [2.24, 2.45) is 0 Å². The third-order valence-electron chi connectivity index (χ3n) is 2.97. The Bertz CT molecular complexity index is 688. The molecule has 2 aromatic carbocycles. The van der Waals surface area contributed by atoms with Crippen LogP contribution in [0.3, 0.4) is 0 Å². The summed E-state index contributed by atoms with van der Waals surface area (Å²) in [5, 5.41) is 2.22. The first kappa shape index (κ1) is 14.5. The minimum Gasteiger partial charge on any atom is -0.497 e. The Kier molecular flexibility index (Phi) is 4.06. The predicted molar refractivity (Wildman–Crippen MR) is 87.3 cm³/mol. The average Bonchev–Trinajstić information content (AvgIpc) is 2.42. The van der Waals surface area contributed by atoms with Crippen molar-refractivity contribution in [2.45, 2.75) is 19.6 Å². The number of hydrogen-bond donors (Lipinski definition) is 0. The molecular weight excluding hydrogens is 264 g/mol. The first-order valence-corrected chi connectivity index (χ1v) is 10.1. The van der Waals surface area contributed by atoms with Crippen molar-refractivity contribution in [3.05, 3.63) is 35.9 Å². The van der Waals surface area contributed by atoms with Gasteiger partial charge in [0.25, 0.3) is 0 Å². The van der Waals surface area contributed by atoms with Crippen molar-refractivity contribution >= 4 is 18.8 Å². The van der Waals surface area contributed by atoms with Crippen molar-refractivity contribution in [1.82, 2.24) is 0 Å². The summed E-state index contributed by atoms with van der Waals surface area (Å²) >= 11 is 0. The van der Waals surface area contributed by atoms with Crippen LogP contribution >= 0.6 is 0 Å². The van der Waals surface area contributed by atoms with E-state index in [9.17, 15) is 0 Å². The van der Waals surface area contributed by atoms with Crippen LogP contribution in [0.4, 0.5) is 0 Å². The summed E-state index contributed by atoms with van der Waals surface area (Å²) in [6.45, 7) is 6.71. The lowest BCUT2D eigenvalue weighted by atomic mass is 10.0. The van der Waals surface area contributed by atoms with Gasteiger partial charge in [-0.05, 0) is 29.7 Å². The lowest BCUT2D eigenvalue weighted by Crippen LogP contribution is -2.16. The van der Waals surface area contributed by atoms with Crippen LogP contribution in [0.5, 0.6) is 11.5 Å². The standard InChI is InChI=1S/C17H20O2Si/c1-18-14-7-8-15-13(12-14)6-9-17(19-2)16(15)10-11-20(3,4)5/h6-9,12H,1-5H3. The lowest BCUT2D eigenvalue weighted by molar-refractivity contribution is 0.413. The van der Waals surface area contributed by atoms with Gasteiger partial charge >= 0.3 is 0 Å². The maximum Gasteiger partial charge on any atom is 0.135 e. The molecule has 0 saturated carbocycles. The zero-order valence-electron chi connectivity index (χ0n) is 12.7. The highest BCUT2D eigenvalue weighted by Gasteiger charge is 2.10. The fourth-order valence-corrected chi connectivity index (χ4v) is 2.46. The summed E-state index contributed by atoms with van der Waals surface area (Å²) in [6, 6.07) is 10.0. The third-order valence-corrected chi connectivity index (χ3v) is 3.85. The van der Waals surface area contributed by atoms with Gasteiger partial charge in [-0.25, -0.2) is 0 Å². The number of fused-ring (bicyclic) bond motifs is 1. The SMILES string of the molecule is COc1ccc2c(C#C[Si](C)(C)C)c(OC)ccc2c1. The van der Waals surface area contributed by atoms with Gasteiger partial charge in [-0.1, -0.05) is 31.6 Å². The van der Waals surface area contributed by atoms with Crippen LogP contribution in [0.2, 0.25) is 19.6 Å². The predicted octanol–water partition coefficient (Wildman–Crippen LogP) is 4.09. The fourth-order valence-electron chi connectivity index (χ4n) is 1.96. The van der Waals surface area contributed by atoms with Gasteiger partial charge in [-0.3, -0.25) is 0 Å². The van der Waals surface area contributed by atoms with Crippen molar-refractivity contribution in [1.29, 1.82) is 0 Å². The van der Waals surface area contributed by atoms with Crippen LogP contribution in [0.1, 0.15) is 5.56 Å². The fraction of sp³-hybridized carbons (Fsp3) is 0.294. The van der Waals surface area contributed by atoms with Crippen LogP contribution in [0.15, 0.2) is 30.3 Å². The third kappa shape index (κ3) is 3.15. The highest BCUT2D eigenvalue weighted by molar-refractivity contribution is 6.83. The molecular formula is C17H20O2Si. The molecule has 0 bridgehead atoms. The topological polar surface area (TPSA) is 18.5 Å². The summed E-state index contributed by atoms with van der Waals surface area (Å²) in [4.78, 5) is 0. The van der Waals surface area contributed by atoms with Crippen LogP contribution in [-0.4, -0.2) is 22.3 Å². The largest absolute Gasteiger partial charge is 0.497 e. The number of benzene rings is 2. The van der Waals surface area contributed by atoms with Crippen LogP contribution in [0, 0.1) is 11.5 Å². The molecule has 0 aliphatic heterocycles. The zero-order valence-corrected chi connectivity index (χ0v) is 13.7. The highest BCUT2D eigenvalue weighted by Crippen LogP contribution is 2.29. The number of rotatable bonds is 2. The maximum absolute atomic E-state index is 5.46. The smallest absolute Gasteiger partial charge is 0.135 e. The molecule has 0 fully saturated rings. The Balaban J connectivity index is 2.67. The molecule has 0 N–H and O–H groups in total. The number of hydrogen-bond acceptors (Lipinski definition) is 2. The molecule has 0 spiro atoms. The second-order valence-corrected chi connectivity index (χ2v) is 10.5. The van der Waals surface area contributed by atoms with E-state index in [1.165, 1.54) is 0 Å². The number of ether oxygens (including phenoxy) is 2. The molecule has 0 aromatic heterocycles. The van der Waals surface area contributed by atoms with Gasteiger partial charge in [0, 0.05) is 5.39 Å². The van der Waals surface area contributed by atoms with Gasteiger partial charge in [0.15, 0.2) is 0 Å². The molecule has 0 aliphatic carbocycles.